The molecule has 2 aliphatic heterocycles. The first-order valence-corrected chi connectivity index (χ1v) is 5.13. The average Bonchev–Trinajstić information content (AvgIpc) is 2.42. The van der Waals surface area contributed by atoms with Crippen LogP contribution >= 0.6 is 0 Å². The fourth-order valence-corrected chi connectivity index (χ4v) is 2.89. The van der Waals surface area contributed by atoms with Gasteiger partial charge in [0, 0.05) is 12.1 Å². The normalized spacial score (nSPS) is 42.5. The Bertz CT molecular complexity index is 244. The fourth-order valence-electron chi connectivity index (χ4n) is 2.89. The van der Waals surface area contributed by atoms with Gasteiger partial charge in [0.25, 0.3) is 0 Å². The van der Waals surface area contributed by atoms with Crippen molar-refractivity contribution in [2.45, 2.75) is 37.5 Å². The quantitative estimate of drug-likeness (QED) is 0.604. The molecule has 4 nitrogen and oxygen atoms in total. The molecule has 2 saturated heterocycles. The number of fused-ring (bicyclic) bond motifs is 2. The molecule has 0 radical (unpaired) electrons. The first kappa shape index (κ1) is 9.93. The van der Waals surface area contributed by atoms with Crippen molar-refractivity contribution in [2.75, 3.05) is 14.2 Å². The zero-order chi connectivity index (χ0) is 10.3. The van der Waals surface area contributed by atoms with Gasteiger partial charge in [-0.15, -0.1) is 0 Å². The van der Waals surface area contributed by atoms with Gasteiger partial charge in [0.2, 0.25) is 0 Å². The van der Waals surface area contributed by atoms with Crippen LogP contribution < -0.4 is 0 Å². The molecular formula is C10H17NO3. The van der Waals surface area contributed by atoms with E-state index in [-0.39, 0.29) is 17.9 Å². The number of carbonyl (C=O) groups is 1. The first-order chi connectivity index (χ1) is 6.65. The second kappa shape index (κ2) is 3.51. The number of rotatable bonds is 1. The van der Waals surface area contributed by atoms with Gasteiger partial charge in [0.05, 0.1) is 19.1 Å². The summed E-state index contributed by atoms with van der Waals surface area (Å²) in [4.78, 5) is 13.7. The zero-order valence-corrected chi connectivity index (χ0v) is 8.64. The maximum Gasteiger partial charge on any atom is 0.312 e. The van der Waals surface area contributed by atoms with E-state index in [2.05, 4.69) is 4.90 Å². The molecule has 1 N–H and O–H groups in total. The lowest BCUT2D eigenvalue weighted by Crippen LogP contribution is -2.52. The summed E-state index contributed by atoms with van der Waals surface area (Å²) in [5.41, 5.74) is 0. The number of esters is 1. The fraction of sp³-hybridized carbons (Fsp3) is 0.900. The number of piperidine rings is 1. The SMILES string of the molecule is COC(=O)[C@@H]1C2CCC(C[C@H]1O)N2C. The van der Waals surface area contributed by atoms with E-state index in [0.29, 0.717) is 12.5 Å². The number of methoxy groups -OCH3 is 1. The summed E-state index contributed by atoms with van der Waals surface area (Å²) >= 11 is 0. The van der Waals surface area contributed by atoms with Gasteiger partial charge in [0.1, 0.15) is 0 Å². The molecule has 4 heteroatoms. The van der Waals surface area contributed by atoms with Crippen molar-refractivity contribution in [3.8, 4) is 0 Å². The summed E-state index contributed by atoms with van der Waals surface area (Å²) in [6.07, 6.45) is 2.27. The molecule has 2 aliphatic rings. The van der Waals surface area contributed by atoms with Crippen LogP contribution in [0.3, 0.4) is 0 Å². The van der Waals surface area contributed by atoms with Crippen LogP contribution in [0, 0.1) is 5.92 Å². The maximum atomic E-state index is 11.5. The first-order valence-electron chi connectivity index (χ1n) is 5.13. The summed E-state index contributed by atoms with van der Waals surface area (Å²) in [7, 11) is 3.42. The van der Waals surface area contributed by atoms with Gasteiger partial charge in [-0.2, -0.15) is 0 Å². The Balaban J connectivity index is 2.18. The van der Waals surface area contributed by atoms with E-state index in [9.17, 15) is 9.90 Å². The molecule has 0 aliphatic carbocycles. The van der Waals surface area contributed by atoms with Crippen molar-refractivity contribution < 1.29 is 14.6 Å². The molecule has 80 valence electrons. The summed E-state index contributed by atoms with van der Waals surface area (Å²) in [5.74, 6) is -0.613. The third-order valence-corrected chi connectivity index (χ3v) is 3.71. The molecule has 0 amide bonds. The molecule has 2 unspecified atom stereocenters. The Morgan fingerprint density at radius 2 is 2.21 bits per heavy atom. The Morgan fingerprint density at radius 1 is 1.50 bits per heavy atom. The average molecular weight is 199 g/mol. The summed E-state index contributed by atoms with van der Waals surface area (Å²) in [6, 6.07) is 0.632. The minimum atomic E-state index is -0.517. The second-order valence-corrected chi connectivity index (χ2v) is 4.32. The minimum absolute atomic E-state index is 0.177. The lowest BCUT2D eigenvalue weighted by atomic mass is 9.88. The van der Waals surface area contributed by atoms with Crippen LogP contribution in [0.25, 0.3) is 0 Å². The van der Waals surface area contributed by atoms with Gasteiger partial charge < -0.3 is 9.84 Å². The van der Waals surface area contributed by atoms with Crippen LogP contribution in [-0.4, -0.2) is 48.3 Å². The molecule has 2 bridgehead atoms. The lowest BCUT2D eigenvalue weighted by molar-refractivity contribution is -0.155. The van der Waals surface area contributed by atoms with Crippen molar-refractivity contribution in [2.24, 2.45) is 5.92 Å². The minimum Gasteiger partial charge on any atom is -0.469 e. The molecule has 0 aromatic rings. The van der Waals surface area contributed by atoms with E-state index in [1.807, 2.05) is 7.05 Å². The smallest absolute Gasteiger partial charge is 0.312 e. The molecule has 0 aromatic carbocycles. The van der Waals surface area contributed by atoms with Gasteiger partial charge >= 0.3 is 5.97 Å². The van der Waals surface area contributed by atoms with Gasteiger partial charge in [0.15, 0.2) is 0 Å². The van der Waals surface area contributed by atoms with Crippen molar-refractivity contribution >= 4 is 5.97 Å². The highest BCUT2D eigenvalue weighted by molar-refractivity contribution is 5.74. The Kier molecular flexibility index (Phi) is 2.49. The number of hydrogen-bond acceptors (Lipinski definition) is 4. The van der Waals surface area contributed by atoms with Crippen molar-refractivity contribution in [1.29, 1.82) is 0 Å². The molecule has 14 heavy (non-hydrogen) atoms. The lowest BCUT2D eigenvalue weighted by Gasteiger charge is -2.39. The molecule has 4 atom stereocenters. The van der Waals surface area contributed by atoms with Crippen molar-refractivity contribution in [3.05, 3.63) is 0 Å². The number of hydrogen-bond donors (Lipinski definition) is 1. The topological polar surface area (TPSA) is 49.8 Å². The van der Waals surface area contributed by atoms with Crippen LogP contribution in [0.5, 0.6) is 0 Å². The predicted molar refractivity (Wildman–Crippen MR) is 50.7 cm³/mol. The highest BCUT2D eigenvalue weighted by atomic mass is 16.5. The Hall–Kier alpha value is -0.610. The number of carbonyl (C=O) groups excluding carboxylic acids is 1. The molecular weight excluding hydrogens is 182 g/mol. The van der Waals surface area contributed by atoms with Crippen LogP contribution in [0.15, 0.2) is 0 Å². The van der Waals surface area contributed by atoms with E-state index in [4.69, 9.17) is 4.74 Å². The monoisotopic (exact) mass is 199 g/mol. The van der Waals surface area contributed by atoms with Crippen molar-refractivity contribution in [3.63, 3.8) is 0 Å². The molecule has 2 fully saturated rings. The maximum absolute atomic E-state index is 11.5. The standard InChI is InChI=1S/C10H17NO3/c1-11-6-3-4-7(11)9(8(12)5-6)10(13)14-2/h6-9,12H,3-5H2,1-2H3/t6?,7?,8-,9-/m1/s1. The Labute approximate surface area is 83.8 Å². The van der Waals surface area contributed by atoms with Crippen LogP contribution in [0.1, 0.15) is 19.3 Å². The molecule has 0 spiro atoms. The Morgan fingerprint density at radius 3 is 2.86 bits per heavy atom. The molecule has 2 rings (SSSR count). The van der Waals surface area contributed by atoms with Gasteiger partial charge in [-0.25, -0.2) is 0 Å². The van der Waals surface area contributed by atoms with Crippen LogP contribution in [0.4, 0.5) is 0 Å². The molecule has 2 heterocycles. The van der Waals surface area contributed by atoms with Crippen molar-refractivity contribution in [1.82, 2.24) is 4.90 Å². The summed E-state index contributed by atoms with van der Waals surface area (Å²) in [6.45, 7) is 0. The van der Waals surface area contributed by atoms with Gasteiger partial charge in [-0.3, -0.25) is 9.69 Å². The predicted octanol–water partition coefficient (Wildman–Crippen LogP) is 0.00300. The van der Waals surface area contributed by atoms with E-state index in [1.165, 1.54) is 7.11 Å². The van der Waals surface area contributed by atoms with E-state index >= 15 is 0 Å². The number of nitrogens with zero attached hydrogens (tertiary/aromatic N) is 1. The van der Waals surface area contributed by atoms with E-state index < -0.39 is 6.10 Å². The van der Waals surface area contributed by atoms with Crippen LogP contribution in [-0.2, 0) is 9.53 Å². The van der Waals surface area contributed by atoms with Gasteiger partial charge in [-0.05, 0) is 26.3 Å². The second-order valence-electron chi connectivity index (χ2n) is 4.32. The number of aliphatic hydroxyl groups is 1. The third-order valence-electron chi connectivity index (χ3n) is 3.71. The summed E-state index contributed by atoms with van der Waals surface area (Å²) < 4.78 is 4.73. The van der Waals surface area contributed by atoms with E-state index in [1.54, 1.807) is 0 Å². The third kappa shape index (κ3) is 1.33. The molecule has 0 aromatic heterocycles. The highest BCUT2D eigenvalue weighted by Gasteiger charge is 2.48. The highest BCUT2D eigenvalue weighted by Crippen LogP contribution is 2.38. The number of ether oxygens (including phenoxy) is 1. The van der Waals surface area contributed by atoms with Gasteiger partial charge in [-0.1, -0.05) is 0 Å². The largest absolute Gasteiger partial charge is 0.469 e. The van der Waals surface area contributed by atoms with E-state index in [0.717, 1.165) is 12.8 Å². The van der Waals surface area contributed by atoms with Crippen LogP contribution in [0.2, 0.25) is 0 Å². The zero-order valence-electron chi connectivity index (χ0n) is 8.64. The molecule has 0 saturated carbocycles. The summed E-state index contributed by atoms with van der Waals surface area (Å²) in [5, 5.41) is 9.84. The number of aliphatic hydroxyl groups excluding tert-OH is 1.